The summed E-state index contributed by atoms with van der Waals surface area (Å²) in [6, 6.07) is 15.1. The van der Waals surface area contributed by atoms with E-state index >= 15 is 0 Å². The number of rotatable bonds is 3. The number of para-hydroxylation sites is 1. The molecule has 0 bridgehead atoms. The molecule has 5 nitrogen and oxygen atoms in total. The van der Waals surface area contributed by atoms with Crippen LogP contribution in [0.3, 0.4) is 0 Å². The van der Waals surface area contributed by atoms with Gasteiger partial charge in [0, 0.05) is 24.2 Å². The molecule has 0 spiro atoms. The number of fused-ring (bicyclic) bond motifs is 1. The summed E-state index contributed by atoms with van der Waals surface area (Å²) < 4.78 is 0. The van der Waals surface area contributed by atoms with Gasteiger partial charge in [-0.15, -0.1) is 0 Å². The Morgan fingerprint density at radius 2 is 1.96 bits per heavy atom. The minimum atomic E-state index is -0.0714. The molecule has 0 amide bonds. The number of nitrogens with one attached hydrogen (secondary N) is 1. The van der Waals surface area contributed by atoms with Crippen LogP contribution in [0.1, 0.15) is 39.5 Å². The van der Waals surface area contributed by atoms with Gasteiger partial charge in [0.15, 0.2) is 5.78 Å². The smallest absolute Gasteiger partial charge is 0.227 e. The van der Waals surface area contributed by atoms with Gasteiger partial charge in [-0.2, -0.15) is 0 Å². The summed E-state index contributed by atoms with van der Waals surface area (Å²) in [5.74, 6) is 0.639. The van der Waals surface area contributed by atoms with E-state index in [-0.39, 0.29) is 17.5 Å². The SMILES string of the molecule is Cc1cccc(Nc2ncc3c(n2)C[C@@H](c2ccccc2O)CC3=O)c1. The maximum atomic E-state index is 12.5. The fraction of sp³-hybridized carbons (Fsp3) is 0.190. The van der Waals surface area contributed by atoms with Gasteiger partial charge in [0.2, 0.25) is 5.95 Å². The first kappa shape index (κ1) is 16.3. The number of carbonyl (C=O) groups excluding carboxylic acids is 1. The van der Waals surface area contributed by atoms with Crippen molar-refractivity contribution in [3.8, 4) is 5.75 Å². The van der Waals surface area contributed by atoms with Gasteiger partial charge in [0.25, 0.3) is 0 Å². The van der Waals surface area contributed by atoms with Crippen LogP contribution in [0.15, 0.2) is 54.7 Å². The first-order chi connectivity index (χ1) is 12.6. The third-order valence-corrected chi connectivity index (χ3v) is 4.69. The average molecular weight is 345 g/mol. The van der Waals surface area contributed by atoms with Crippen molar-refractivity contribution in [2.75, 3.05) is 5.32 Å². The molecular weight excluding hydrogens is 326 g/mol. The van der Waals surface area contributed by atoms with Crippen molar-refractivity contribution in [3.63, 3.8) is 0 Å². The molecule has 4 rings (SSSR count). The standard InChI is InChI=1S/C21H19N3O2/c1-13-5-4-6-15(9-13)23-21-22-12-17-18(24-21)10-14(11-20(17)26)16-7-2-3-8-19(16)25/h2-9,12,14,25H,10-11H2,1H3,(H,22,23,24)/t14-/m1/s1. The number of phenols is 1. The molecule has 1 aromatic heterocycles. The molecule has 2 N–H and O–H groups in total. The lowest BCUT2D eigenvalue weighted by molar-refractivity contribution is 0.0962. The number of benzene rings is 2. The molecule has 1 atom stereocenters. The van der Waals surface area contributed by atoms with Gasteiger partial charge in [0.1, 0.15) is 5.75 Å². The second-order valence-corrected chi connectivity index (χ2v) is 6.64. The second-order valence-electron chi connectivity index (χ2n) is 6.64. The van der Waals surface area contributed by atoms with Crippen molar-refractivity contribution in [2.24, 2.45) is 0 Å². The Kier molecular flexibility index (Phi) is 4.13. The summed E-state index contributed by atoms with van der Waals surface area (Å²) in [7, 11) is 0. The van der Waals surface area contributed by atoms with Crippen LogP contribution in [-0.2, 0) is 6.42 Å². The molecule has 1 aliphatic carbocycles. The van der Waals surface area contributed by atoms with Gasteiger partial charge < -0.3 is 10.4 Å². The Morgan fingerprint density at radius 1 is 1.12 bits per heavy atom. The molecule has 2 aromatic carbocycles. The number of aryl methyl sites for hydroxylation is 1. The number of nitrogens with zero attached hydrogens (tertiary/aromatic N) is 2. The molecular formula is C21H19N3O2. The van der Waals surface area contributed by atoms with E-state index in [0.717, 1.165) is 22.5 Å². The molecule has 5 heteroatoms. The van der Waals surface area contributed by atoms with Gasteiger partial charge in [-0.05, 0) is 42.7 Å². The Balaban J connectivity index is 1.64. The molecule has 130 valence electrons. The van der Waals surface area contributed by atoms with E-state index in [9.17, 15) is 9.90 Å². The summed E-state index contributed by atoms with van der Waals surface area (Å²) in [5, 5.41) is 13.3. The second kappa shape index (κ2) is 6.59. The van der Waals surface area contributed by atoms with Crippen LogP contribution < -0.4 is 5.32 Å². The molecule has 1 aliphatic rings. The maximum Gasteiger partial charge on any atom is 0.227 e. The normalized spacial score (nSPS) is 16.2. The Morgan fingerprint density at radius 3 is 2.77 bits per heavy atom. The van der Waals surface area contributed by atoms with Crippen LogP contribution in [0.25, 0.3) is 0 Å². The quantitative estimate of drug-likeness (QED) is 0.746. The average Bonchev–Trinajstić information content (AvgIpc) is 2.62. The number of ketones is 1. The summed E-state index contributed by atoms with van der Waals surface area (Å²) in [5.41, 5.74) is 4.14. The van der Waals surface area contributed by atoms with Gasteiger partial charge in [-0.1, -0.05) is 30.3 Å². The van der Waals surface area contributed by atoms with Crippen LogP contribution in [0.5, 0.6) is 5.75 Å². The molecule has 1 heterocycles. The summed E-state index contributed by atoms with van der Waals surface area (Å²) in [6.07, 6.45) is 2.56. The van der Waals surface area contributed by atoms with Crippen molar-refractivity contribution in [1.29, 1.82) is 0 Å². The van der Waals surface area contributed by atoms with Crippen molar-refractivity contribution < 1.29 is 9.90 Å². The first-order valence-corrected chi connectivity index (χ1v) is 8.61. The van der Waals surface area contributed by atoms with Crippen LogP contribution in [-0.4, -0.2) is 20.9 Å². The minimum Gasteiger partial charge on any atom is -0.508 e. The number of anilines is 2. The van der Waals surface area contributed by atoms with E-state index in [1.807, 2.05) is 43.3 Å². The number of hydrogen-bond donors (Lipinski definition) is 2. The molecule has 0 saturated carbocycles. The van der Waals surface area contributed by atoms with E-state index in [1.165, 1.54) is 0 Å². The van der Waals surface area contributed by atoms with Crippen LogP contribution >= 0.6 is 0 Å². The van der Waals surface area contributed by atoms with E-state index in [0.29, 0.717) is 24.4 Å². The first-order valence-electron chi connectivity index (χ1n) is 8.61. The Labute approximate surface area is 151 Å². The zero-order valence-electron chi connectivity index (χ0n) is 14.4. The third-order valence-electron chi connectivity index (χ3n) is 4.69. The lowest BCUT2D eigenvalue weighted by Gasteiger charge is -2.24. The predicted octanol–water partition coefficient (Wildman–Crippen LogP) is 4.15. The maximum absolute atomic E-state index is 12.5. The van der Waals surface area contributed by atoms with E-state index in [4.69, 9.17) is 0 Å². The van der Waals surface area contributed by atoms with E-state index in [1.54, 1.807) is 18.3 Å². The molecule has 0 aliphatic heterocycles. The number of Topliss-reactive ketones (excluding diaryl/α,β-unsaturated/α-hetero) is 1. The van der Waals surface area contributed by atoms with E-state index in [2.05, 4.69) is 15.3 Å². The van der Waals surface area contributed by atoms with Crippen molar-refractivity contribution in [2.45, 2.75) is 25.7 Å². The van der Waals surface area contributed by atoms with E-state index < -0.39 is 0 Å². The zero-order valence-corrected chi connectivity index (χ0v) is 14.4. The Hall–Kier alpha value is -3.21. The topological polar surface area (TPSA) is 75.1 Å². The lowest BCUT2D eigenvalue weighted by Crippen LogP contribution is -2.21. The highest BCUT2D eigenvalue weighted by atomic mass is 16.3. The fourth-order valence-electron chi connectivity index (χ4n) is 3.41. The summed E-state index contributed by atoms with van der Waals surface area (Å²) >= 11 is 0. The highest BCUT2D eigenvalue weighted by Gasteiger charge is 2.29. The van der Waals surface area contributed by atoms with Crippen LogP contribution in [0.2, 0.25) is 0 Å². The van der Waals surface area contributed by atoms with Crippen molar-refractivity contribution in [3.05, 3.63) is 77.1 Å². The summed E-state index contributed by atoms with van der Waals surface area (Å²) in [6.45, 7) is 2.02. The summed E-state index contributed by atoms with van der Waals surface area (Å²) in [4.78, 5) is 21.4. The fourth-order valence-corrected chi connectivity index (χ4v) is 3.41. The van der Waals surface area contributed by atoms with Gasteiger partial charge in [0.05, 0.1) is 11.3 Å². The number of phenolic OH excluding ortho intramolecular Hbond substituents is 1. The van der Waals surface area contributed by atoms with Gasteiger partial charge in [-0.25, -0.2) is 9.97 Å². The zero-order chi connectivity index (χ0) is 18.1. The lowest BCUT2D eigenvalue weighted by atomic mass is 9.82. The molecule has 0 unspecified atom stereocenters. The van der Waals surface area contributed by atoms with Crippen molar-refractivity contribution >= 4 is 17.4 Å². The predicted molar refractivity (Wildman–Crippen MR) is 100.0 cm³/mol. The molecule has 26 heavy (non-hydrogen) atoms. The van der Waals surface area contributed by atoms with Gasteiger partial charge >= 0.3 is 0 Å². The molecule has 0 fully saturated rings. The molecule has 3 aromatic rings. The molecule has 0 saturated heterocycles. The monoisotopic (exact) mass is 345 g/mol. The van der Waals surface area contributed by atoms with Crippen LogP contribution in [0, 0.1) is 6.92 Å². The minimum absolute atomic E-state index is 0.0154. The van der Waals surface area contributed by atoms with Crippen molar-refractivity contribution in [1.82, 2.24) is 9.97 Å². The third kappa shape index (κ3) is 3.16. The highest BCUT2D eigenvalue weighted by molar-refractivity contribution is 5.98. The van der Waals surface area contributed by atoms with Gasteiger partial charge in [-0.3, -0.25) is 4.79 Å². The number of aromatic nitrogens is 2. The largest absolute Gasteiger partial charge is 0.508 e. The Bertz CT molecular complexity index is 984. The van der Waals surface area contributed by atoms with Crippen LogP contribution in [0.4, 0.5) is 11.6 Å². The molecule has 0 radical (unpaired) electrons. The number of hydrogen-bond acceptors (Lipinski definition) is 5. The number of aromatic hydroxyl groups is 1. The number of carbonyl (C=O) groups is 1. The highest BCUT2D eigenvalue weighted by Crippen LogP contribution is 2.36.